The van der Waals surface area contributed by atoms with Crippen LogP contribution in [0.15, 0.2) is 10.3 Å². The summed E-state index contributed by atoms with van der Waals surface area (Å²) in [6, 6.07) is -1.09. The highest BCUT2D eigenvalue weighted by molar-refractivity contribution is 7.91. The molecular weight excluding hydrogens is 350 g/mol. The Balaban J connectivity index is 3.10. The van der Waals surface area contributed by atoms with E-state index in [9.17, 15) is 28.1 Å². The highest BCUT2D eigenvalue weighted by Gasteiger charge is 2.30. The van der Waals surface area contributed by atoms with E-state index in [1.807, 2.05) is 0 Å². The fourth-order valence-electron chi connectivity index (χ4n) is 1.22. The summed E-state index contributed by atoms with van der Waals surface area (Å²) in [7, 11) is -4.39. The number of sulfonamides is 1. The summed E-state index contributed by atoms with van der Waals surface area (Å²) in [6.45, 7) is 0. The second-order valence-corrected chi connectivity index (χ2v) is 7.26. The minimum absolute atomic E-state index is 0.373. The standard InChI is InChI=1S/C8H8ClN3O7S2/c9-7-4(12(16)17)2-6(20-7)21(18,19)11-3(8(14)15)1-5(10)13/h2-3,11H,1H2,(H2,10,13)(H,14,15). The molecule has 0 aromatic carbocycles. The Kier molecular flexibility index (Phi) is 5.22. The fraction of sp³-hybridized carbons (Fsp3) is 0.250. The van der Waals surface area contributed by atoms with Crippen molar-refractivity contribution in [3.8, 4) is 0 Å². The van der Waals surface area contributed by atoms with Crippen LogP contribution in [0.4, 0.5) is 5.69 Å². The molecule has 10 nitrogen and oxygen atoms in total. The van der Waals surface area contributed by atoms with Crippen molar-refractivity contribution >= 4 is 50.5 Å². The summed E-state index contributed by atoms with van der Waals surface area (Å²) in [4.78, 5) is 31.3. The van der Waals surface area contributed by atoms with Gasteiger partial charge in [0.2, 0.25) is 5.91 Å². The van der Waals surface area contributed by atoms with Gasteiger partial charge in [0, 0.05) is 6.07 Å². The van der Waals surface area contributed by atoms with Gasteiger partial charge in [0.25, 0.3) is 15.7 Å². The van der Waals surface area contributed by atoms with Crippen LogP contribution >= 0.6 is 22.9 Å². The zero-order valence-electron chi connectivity index (χ0n) is 9.98. The smallest absolute Gasteiger partial charge is 0.322 e. The van der Waals surface area contributed by atoms with Crippen molar-refractivity contribution in [3.63, 3.8) is 0 Å². The molecule has 0 fully saturated rings. The number of nitrogens with zero attached hydrogens (tertiary/aromatic N) is 1. The van der Waals surface area contributed by atoms with Gasteiger partial charge in [-0.15, -0.1) is 11.3 Å². The molecule has 13 heteroatoms. The van der Waals surface area contributed by atoms with E-state index < -0.39 is 49.2 Å². The number of hydrogen-bond donors (Lipinski definition) is 3. The Morgan fingerprint density at radius 3 is 2.52 bits per heavy atom. The Morgan fingerprint density at radius 2 is 2.14 bits per heavy atom. The summed E-state index contributed by atoms with van der Waals surface area (Å²) >= 11 is 5.91. The molecule has 1 aromatic rings. The summed E-state index contributed by atoms with van der Waals surface area (Å²) < 4.78 is 24.6. The molecule has 1 aromatic heterocycles. The van der Waals surface area contributed by atoms with Crippen LogP contribution in [0.25, 0.3) is 0 Å². The Bertz CT molecular complexity index is 699. The van der Waals surface area contributed by atoms with Crippen LogP contribution in [0.1, 0.15) is 6.42 Å². The topological polar surface area (TPSA) is 170 Å². The molecule has 0 radical (unpaired) electrons. The molecule has 21 heavy (non-hydrogen) atoms. The molecule has 1 unspecified atom stereocenters. The maximum Gasteiger partial charge on any atom is 0.322 e. The first kappa shape index (κ1) is 17.3. The minimum atomic E-state index is -4.39. The van der Waals surface area contributed by atoms with E-state index in [4.69, 9.17) is 22.4 Å². The zero-order valence-corrected chi connectivity index (χ0v) is 12.4. The van der Waals surface area contributed by atoms with Crippen LogP contribution in [-0.4, -0.2) is 36.4 Å². The van der Waals surface area contributed by atoms with E-state index in [1.165, 1.54) is 0 Å². The molecule has 1 amide bonds. The summed E-state index contributed by atoms with van der Waals surface area (Å²) in [5, 5.41) is 19.4. The first-order valence-corrected chi connectivity index (χ1v) is 7.69. The predicted octanol–water partition coefficient (Wildman–Crippen LogP) is -0.0834. The second kappa shape index (κ2) is 6.34. The summed E-state index contributed by atoms with van der Waals surface area (Å²) in [5.41, 5.74) is 4.19. The third kappa shape index (κ3) is 4.35. The maximum atomic E-state index is 11.9. The van der Waals surface area contributed by atoms with Crippen molar-refractivity contribution in [3.05, 3.63) is 20.5 Å². The van der Waals surface area contributed by atoms with E-state index in [-0.39, 0.29) is 4.34 Å². The normalized spacial score (nSPS) is 12.8. The van der Waals surface area contributed by atoms with Gasteiger partial charge in [0.05, 0.1) is 11.3 Å². The molecule has 4 N–H and O–H groups in total. The van der Waals surface area contributed by atoms with Crippen molar-refractivity contribution in [2.75, 3.05) is 0 Å². The molecule has 1 rings (SSSR count). The maximum absolute atomic E-state index is 11.9. The van der Waals surface area contributed by atoms with Crippen LogP contribution in [0, 0.1) is 10.1 Å². The Hall–Kier alpha value is -1.76. The largest absolute Gasteiger partial charge is 0.480 e. The third-order valence-electron chi connectivity index (χ3n) is 2.11. The van der Waals surface area contributed by atoms with E-state index in [1.54, 1.807) is 4.72 Å². The van der Waals surface area contributed by atoms with Crippen LogP contribution in [-0.2, 0) is 19.6 Å². The predicted molar refractivity (Wildman–Crippen MR) is 71.5 cm³/mol. The Labute approximate surface area is 126 Å². The summed E-state index contributed by atoms with van der Waals surface area (Å²) in [5.74, 6) is -2.64. The lowest BCUT2D eigenvalue weighted by molar-refractivity contribution is -0.384. The molecule has 1 atom stereocenters. The minimum Gasteiger partial charge on any atom is -0.480 e. The number of halogens is 1. The molecule has 0 saturated heterocycles. The average Bonchev–Trinajstić information content (AvgIpc) is 2.70. The lowest BCUT2D eigenvalue weighted by Gasteiger charge is -2.11. The van der Waals surface area contributed by atoms with E-state index >= 15 is 0 Å². The second-order valence-electron chi connectivity index (χ2n) is 3.66. The van der Waals surface area contributed by atoms with Crippen LogP contribution in [0.3, 0.4) is 0 Å². The number of thiophene rings is 1. The van der Waals surface area contributed by atoms with Gasteiger partial charge >= 0.3 is 5.97 Å². The number of carbonyl (C=O) groups excluding carboxylic acids is 1. The number of carboxylic acids is 1. The molecule has 0 aliphatic heterocycles. The van der Waals surface area contributed by atoms with Gasteiger partial charge in [-0.2, -0.15) is 4.72 Å². The number of rotatable bonds is 7. The number of nitrogens with two attached hydrogens (primary N) is 1. The number of nitrogens with one attached hydrogen (secondary N) is 1. The van der Waals surface area contributed by atoms with Gasteiger partial charge < -0.3 is 10.8 Å². The van der Waals surface area contributed by atoms with Crippen molar-refractivity contribution < 1.29 is 28.0 Å². The molecular formula is C8H8ClN3O7S2. The molecule has 0 aliphatic rings. The molecule has 116 valence electrons. The number of hydrogen-bond acceptors (Lipinski definition) is 7. The van der Waals surface area contributed by atoms with E-state index in [0.29, 0.717) is 17.4 Å². The molecule has 0 aliphatic carbocycles. The monoisotopic (exact) mass is 357 g/mol. The van der Waals surface area contributed by atoms with Gasteiger partial charge in [0.15, 0.2) is 4.34 Å². The molecule has 0 spiro atoms. The van der Waals surface area contributed by atoms with Crippen LogP contribution in [0.2, 0.25) is 4.34 Å². The number of aliphatic carboxylic acids is 1. The van der Waals surface area contributed by atoms with Gasteiger partial charge in [-0.25, -0.2) is 8.42 Å². The van der Waals surface area contributed by atoms with Crippen molar-refractivity contribution in [2.24, 2.45) is 5.73 Å². The highest BCUT2D eigenvalue weighted by atomic mass is 35.5. The summed E-state index contributed by atoms with van der Waals surface area (Å²) in [6.07, 6.45) is -0.768. The van der Waals surface area contributed by atoms with Gasteiger partial charge in [-0.1, -0.05) is 11.6 Å². The lowest BCUT2D eigenvalue weighted by atomic mass is 10.2. The number of primary amides is 1. The molecule has 0 saturated carbocycles. The zero-order chi connectivity index (χ0) is 16.4. The van der Waals surface area contributed by atoms with Crippen molar-refractivity contribution in [1.29, 1.82) is 0 Å². The van der Waals surface area contributed by atoms with Crippen LogP contribution < -0.4 is 10.5 Å². The number of amides is 1. The molecule has 1 heterocycles. The number of nitro groups is 1. The number of carboxylic acid groups (broad SMARTS) is 1. The van der Waals surface area contributed by atoms with Gasteiger partial charge in [-0.05, 0) is 0 Å². The quantitative estimate of drug-likeness (QED) is 0.452. The van der Waals surface area contributed by atoms with Crippen molar-refractivity contribution in [2.45, 2.75) is 16.7 Å². The third-order valence-corrected chi connectivity index (χ3v) is 5.39. The van der Waals surface area contributed by atoms with Gasteiger partial charge in [0.1, 0.15) is 10.3 Å². The SMILES string of the molecule is NC(=O)CC(NS(=O)(=O)c1cc([N+](=O)[O-])c(Cl)s1)C(=O)O. The first-order chi connectivity index (χ1) is 9.54. The van der Waals surface area contributed by atoms with E-state index in [2.05, 4.69) is 0 Å². The Morgan fingerprint density at radius 1 is 1.57 bits per heavy atom. The van der Waals surface area contributed by atoms with Crippen molar-refractivity contribution in [1.82, 2.24) is 4.72 Å². The lowest BCUT2D eigenvalue weighted by Crippen LogP contribution is -2.43. The first-order valence-electron chi connectivity index (χ1n) is 5.01. The highest BCUT2D eigenvalue weighted by Crippen LogP contribution is 2.36. The molecule has 0 bridgehead atoms. The van der Waals surface area contributed by atoms with Gasteiger partial charge in [-0.3, -0.25) is 19.7 Å². The fourth-order valence-corrected chi connectivity index (χ4v) is 4.09. The average molecular weight is 358 g/mol. The number of carbonyl (C=O) groups is 2. The van der Waals surface area contributed by atoms with Crippen LogP contribution in [0.5, 0.6) is 0 Å². The van der Waals surface area contributed by atoms with E-state index in [0.717, 1.165) is 0 Å².